The molecule has 0 radical (unpaired) electrons. The number of hydrogen-bond acceptors (Lipinski definition) is 0. The predicted molar refractivity (Wildman–Crippen MR) is 38.7 cm³/mol. The van der Waals surface area contributed by atoms with Gasteiger partial charge in [0.1, 0.15) is 0 Å². The number of rotatable bonds is 0. The van der Waals surface area contributed by atoms with E-state index in [9.17, 15) is 0 Å². The molecule has 0 aliphatic heterocycles. The molecule has 0 bridgehead atoms. The van der Waals surface area contributed by atoms with E-state index in [1.807, 2.05) is 0 Å². The summed E-state index contributed by atoms with van der Waals surface area (Å²) >= 11 is 0. The maximum Gasteiger partial charge on any atom is 4.00 e. The predicted octanol–water partition coefficient (Wildman–Crippen LogP) is -6.71. The molecule has 13 heavy (non-hydrogen) atoms. The van der Waals surface area contributed by atoms with Crippen LogP contribution in [0.5, 0.6) is 0 Å². The summed E-state index contributed by atoms with van der Waals surface area (Å²) in [5.41, 5.74) is 3.20. The van der Waals surface area contributed by atoms with Gasteiger partial charge in [0.05, 0.1) is 0 Å². The SMILES string of the molecule is [Cl-].[Cl-].[Cl-].[Hf+4].c1cc2c([cH-]1)CCCC2. The Labute approximate surface area is 117 Å². The van der Waals surface area contributed by atoms with E-state index >= 15 is 0 Å². The summed E-state index contributed by atoms with van der Waals surface area (Å²) in [6.07, 6.45) is 5.44. The quantitative estimate of drug-likeness (QED) is 0.298. The van der Waals surface area contributed by atoms with Crippen molar-refractivity contribution in [1.29, 1.82) is 0 Å². The minimum absolute atomic E-state index is 0. The molecule has 0 spiro atoms. The van der Waals surface area contributed by atoms with Crippen molar-refractivity contribution in [3.05, 3.63) is 29.3 Å². The summed E-state index contributed by atoms with van der Waals surface area (Å²) in [6.45, 7) is 0. The Kier molecular flexibility index (Phi) is 14.6. The van der Waals surface area contributed by atoms with Crippen LogP contribution in [0.2, 0.25) is 0 Å². The van der Waals surface area contributed by atoms with E-state index in [0.717, 1.165) is 0 Å². The molecule has 4 heteroatoms. The second-order valence-electron chi connectivity index (χ2n) is 2.78. The molecule has 0 heterocycles. The molecule has 0 unspecified atom stereocenters. The molecule has 0 aromatic heterocycles. The molecule has 0 saturated heterocycles. The molecule has 1 aromatic rings. The molecule has 1 aliphatic rings. The Bertz CT molecular complexity index is 190. The average Bonchev–Trinajstić information content (AvgIpc) is 2.33. The molecular formula is C9H11Cl3Hf. The van der Waals surface area contributed by atoms with Gasteiger partial charge in [-0.3, -0.25) is 0 Å². The van der Waals surface area contributed by atoms with Crippen LogP contribution in [0.4, 0.5) is 0 Å². The molecule has 0 nitrogen and oxygen atoms in total. The third kappa shape index (κ3) is 4.92. The van der Waals surface area contributed by atoms with E-state index in [1.54, 1.807) is 11.1 Å². The van der Waals surface area contributed by atoms with Crippen LogP contribution in [0.25, 0.3) is 0 Å². The van der Waals surface area contributed by atoms with E-state index in [0.29, 0.717) is 0 Å². The number of aryl methyl sites for hydroxylation is 2. The van der Waals surface area contributed by atoms with Gasteiger partial charge in [-0.05, 0) is 0 Å². The number of hydrogen-bond donors (Lipinski definition) is 0. The number of halogens is 3. The van der Waals surface area contributed by atoms with Crippen LogP contribution in [0.1, 0.15) is 24.0 Å². The Hall–Kier alpha value is 1.09. The van der Waals surface area contributed by atoms with Gasteiger partial charge in [-0.2, -0.15) is 23.3 Å². The first-order valence-electron chi connectivity index (χ1n) is 3.70. The van der Waals surface area contributed by atoms with Crippen LogP contribution in [0.15, 0.2) is 18.2 Å². The molecule has 0 N–H and O–H groups in total. The number of fused-ring (bicyclic) bond motifs is 1. The van der Waals surface area contributed by atoms with Crippen molar-refractivity contribution in [1.82, 2.24) is 0 Å². The summed E-state index contributed by atoms with van der Waals surface area (Å²) < 4.78 is 0. The van der Waals surface area contributed by atoms with Crippen LogP contribution in [0.3, 0.4) is 0 Å². The fraction of sp³-hybridized carbons (Fsp3) is 0.444. The van der Waals surface area contributed by atoms with Gasteiger partial charge < -0.3 is 37.2 Å². The van der Waals surface area contributed by atoms with Crippen molar-refractivity contribution in [3.63, 3.8) is 0 Å². The van der Waals surface area contributed by atoms with Crippen molar-refractivity contribution >= 4 is 0 Å². The van der Waals surface area contributed by atoms with Gasteiger partial charge in [-0.25, -0.2) is 6.07 Å². The van der Waals surface area contributed by atoms with E-state index in [1.165, 1.54) is 25.7 Å². The first-order valence-corrected chi connectivity index (χ1v) is 3.70. The van der Waals surface area contributed by atoms with E-state index in [-0.39, 0.29) is 63.1 Å². The minimum atomic E-state index is 0. The summed E-state index contributed by atoms with van der Waals surface area (Å²) in [6, 6.07) is 6.69. The second kappa shape index (κ2) is 9.64. The van der Waals surface area contributed by atoms with Gasteiger partial charge in [0.25, 0.3) is 0 Å². The minimum Gasteiger partial charge on any atom is -1.00 e. The third-order valence-corrected chi connectivity index (χ3v) is 2.15. The van der Waals surface area contributed by atoms with Gasteiger partial charge in [0.2, 0.25) is 0 Å². The molecule has 2 rings (SSSR count). The van der Waals surface area contributed by atoms with Gasteiger partial charge in [-0.15, -0.1) is 0 Å². The fourth-order valence-corrected chi connectivity index (χ4v) is 1.61. The molecule has 0 atom stereocenters. The molecule has 72 valence electrons. The summed E-state index contributed by atoms with van der Waals surface area (Å²) in [5, 5.41) is 0. The van der Waals surface area contributed by atoms with Crippen molar-refractivity contribution < 1.29 is 63.1 Å². The van der Waals surface area contributed by atoms with Crippen LogP contribution >= 0.6 is 0 Å². The normalized spacial score (nSPS) is 12.0. The van der Waals surface area contributed by atoms with Crippen molar-refractivity contribution in [2.45, 2.75) is 25.7 Å². The van der Waals surface area contributed by atoms with Crippen LogP contribution in [-0.4, -0.2) is 0 Å². The second-order valence-corrected chi connectivity index (χ2v) is 2.78. The molecule has 1 aliphatic carbocycles. The first kappa shape index (κ1) is 19.6. The van der Waals surface area contributed by atoms with Gasteiger partial charge in [0, 0.05) is 0 Å². The van der Waals surface area contributed by atoms with Crippen LogP contribution in [-0.2, 0) is 38.7 Å². The largest absolute Gasteiger partial charge is 4.00 e. The Morgan fingerprint density at radius 3 is 2.23 bits per heavy atom. The zero-order chi connectivity index (χ0) is 6.10. The van der Waals surface area contributed by atoms with Gasteiger partial charge >= 0.3 is 25.8 Å². The first-order chi connectivity index (χ1) is 4.47. The van der Waals surface area contributed by atoms with Crippen molar-refractivity contribution in [3.8, 4) is 0 Å². The zero-order valence-corrected chi connectivity index (χ0v) is 13.1. The van der Waals surface area contributed by atoms with Gasteiger partial charge in [0.15, 0.2) is 0 Å². The van der Waals surface area contributed by atoms with Crippen LogP contribution < -0.4 is 37.2 Å². The fourth-order valence-electron chi connectivity index (χ4n) is 1.61. The van der Waals surface area contributed by atoms with E-state index in [4.69, 9.17) is 0 Å². The standard InChI is InChI=1S/C9H11.3ClH.Hf/c1-2-5-9-7-3-6-8(9)4-1;;;;/h3,6-7H,1-2,4-5H2;3*1H;/q-1;;;;+4/p-3. The summed E-state index contributed by atoms with van der Waals surface area (Å²) in [4.78, 5) is 0. The maximum atomic E-state index is 2.26. The Balaban J connectivity index is -0.000000250. The van der Waals surface area contributed by atoms with Gasteiger partial charge in [-0.1, -0.05) is 25.7 Å². The molecular weight excluding hydrogens is 393 g/mol. The Morgan fingerprint density at radius 2 is 1.62 bits per heavy atom. The van der Waals surface area contributed by atoms with Crippen LogP contribution in [0, 0.1) is 0 Å². The van der Waals surface area contributed by atoms with Crippen molar-refractivity contribution in [2.75, 3.05) is 0 Å². The monoisotopic (exact) mass is 404 g/mol. The van der Waals surface area contributed by atoms with E-state index < -0.39 is 0 Å². The summed E-state index contributed by atoms with van der Waals surface area (Å²) in [5.74, 6) is 0. The topological polar surface area (TPSA) is 0 Å². The molecule has 0 fully saturated rings. The molecule has 0 saturated carbocycles. The molecule has 1 aromatic carbocycles. The van der Waals surface area contributed by atoms with Crippen molar-refractivity contribution in [2.24, 2.45) is 0 Å². The average molecular weight is 404 g/mol. The smallest absolute Gasteiger partial charge is 1.00 e. The summed E-state index contributed by atoms with van der Waals surface area (Å²) in [7, 11) is 0. The Morgan fingerprint density at radius 1 is 1.00 bits per heavy atom. The third-order valence-electron chi connectivity index (χ3n) is 2.15. The maximum absolute atomic E-state index is 2.26. The zero-order valence-electron chi connectivity index (χ0n) is 7.19. The molecule has 0 amide bonds. The van der Waals surface area contributed by atoms with E-state index in [2.05, 4.69) is 18.2 Å².